The van der Waals surface area contributed by atoms with Crippen molar-refractivity contribution in [3.05, 3.63) is 40.6 Å². The van der Waals surface area contributed by atoms with Crippen molar-refractivity contribution in [2.45, 2.75) is 45.6 Å². The number of nitrogens with zero attached hydrogens (tertiary/aromatic N) is 2. The molecule has 1 N–H and O–H groups in total. The number of benzene rings is 1. The van der Waals surface area contributed by atoms with Crippen molar-refractivity contribution in [2.75, 3.05) is 5.32 Å². The number of nitrogens with one attached hydrogen (secondary N) is 1. The van der Waals surface area contributed by atoms with Crippen molar-refractivity contribution >= 4 is 22.3 Å². The summed E-state index contributed by atoms with van der Waals surface area (Å²) in [7, 11) is 0. The number of hydrogen-bond acceptors (Lipinski definition) is 4. The van der Waals surface area contributed by atoms with Crippen LogP contribution in [0.3, 0.4) is 0 Å². The predicted octanol–water partition coefficient (Wildman–Crippen LogP) is 4.52. The molecule has 5 heteroatoms. The van der Waals surface area contributed by atoms with Gasteiger partial charge in [-0.1, -0.05) is 26.2 Å². The topological polar surface area (TPSA) is 68.1 Å². The van der Waals surface area contributed by atoms with Crippen LogP contribution < -0.4 is 5.32 Å². The number of hydrogen-bond donors (Lipinski definition) is 1. The third-order valence-electron chi connectivity index (χ3n) is 3.58. The molecular formula is C16H21N3O2. The van der Waals surface area contributed by atoms with Crippen LogP contribution in [0.5, 0.6) is 0 Å². The van der Waals surface area contributed by atoms with Gasteiger partial charge in [0.05, 0.1) is 15.8 Å². The zero-order valence-electron chi connectivity index (χ0n) is 12.5. The summed E-state index contributed by atoms with van der Waals surface area (Å²) >= 11 is 0. The smallest absolute Gasteiger partial charge is 0.301 e. The molecule has 1 unspecified atom stereocenters. The van der Waals surface area contributed by atoms with Crippen LogP contribution in [0.2, 0.25) is 0 Å². The summed E-state index contributed by atoms with van der Waals surface area (Å²) in [5.41, 5.74) is 1.33. The van der Waals surface area contributed by atoms with Gasteiger partial charge < -0.3 is 5.32 Å². The first-order chi connectivity index (χ1) is 10.1. The van der Waals surface area contributed by atoms with Crippen molar-refractivity contribution in [2.24, 2.45) is 0 Å². The van der Waals surface area contributed by atoms with Crippen LogP contribution in [0.4, 0.5) is 11.4 Å². The zero-order chi connectivity index (χ0) is 15.2. The van der Waals surface area contributed by atoms with E-state index in [9.17, 15) is 10.1 Å². The van der Waals surface area contributed by atoms with E-state index in [-0.39, 0.29) is 16.7 Å². The quantitative estimate of drug-likeness (QED) is 0.461. The zero-order valence-corrected chi connectivity index (χ0v) is 12.5. The van der Waals surface area contributed by atoms with Gasteiger partial charge in [0.15, 0.2) is 0 Å². The van der Waals surface area contributed by atoms with Crippen molar-refractivity contribution in [3.8, 4) is 0 Å². The van der Waals surface area contributed by atoms with Gasteiger partial charge in [0.1, 0.15) is 5.69 Å². The molecule has 0 saturated carbocycles. The standard InChI is InChI=1S/C16H21N3O2/c1-3-4-5-7-12(2)18-15-10-9-14-13(8-6-11-17-14)16(15)19(20)21/h6,8-12,18H,3-5,7H2,1-2H3. The lowest BCUT2D eigenvalue weighted by atomic mass is 10.1. The van der Waals surface area contributed by atoms with Crippen LogP contribution in [0.25, 0.3) is 10.9 Å². The Balaban J connectivity index is 2.27. The largest absolute Gasteiger partial charge is 0.377 e. The minimum atomic E-state index is -0.328. The van der Waals surface area contributed by atoms with E-state index in [0.717, 1.165) is 12.8 Å². The van der Waals surface area contributed by atoms with Crippen LogP contribution in [0.15, 0.2) is 30.5 Å². The normalized spacial score (nSPS) is 12.3. The van der Waals surface area contributed by atoms with E-state index in [1.807, 2.05) is 6.07 Å². The van der Waals surface area contributed by atoms with Crippen LogP contribution in [-0.4, -0.2) is 15.9 Å². The number of fused-ring (bicyclic) bond motifs is 1. The fourth-order valence-electron chi connectivity index (χ4n) is 2.49. The van der Waals surface area contributed by atoms with Crippen LogP contribution >= 0.6 is 0 Å². The minimum Gasteiger partial charge on any atom is -0.377 e. The summed E-state index contributed by atoms with van der Waals surface area (Å²) in [6, 6.07) is 7.26. The molecule has 5 nitrogen and oxygen atoms in total. The van der Waals surface area contributed by atoms with Gasteiger partial charge in [0.25, 0.3) is 0 Å². The molecule has 0 aliphatic heterocycles. The van der Waals surface area contributed by atoms with Gasteiger partial charge in [-0.25, -0.2) is 0 Å². The Kier molecular flexibility index (Phi) is 5.09. The SMILES string of the molecule is CCCCCC(C)Nc1ccc2ncccc2c1[N+](=O)[O-]. The first-order valence-corrected chi connectivity index (χ1v) is 7.42. The number of aromatic nitrogens is 1. The van der Waals surface area contributed by atoms with Gasteiger partial charge in [-0.15, -0.1) is 0 Å². The minimum absolute atomic E-state index is 0.114. The summed E-state index contributed by atoms with van der Waals surface area (Å²) in [5.74, 6) is 0. The van der Waals surface area contributed by atoms with Gasteiger partial charge in [0.2, 0.25) is 0 Å². The Hall–Kier alpha value is -2.17. The van der Waals surface area contributed by atoms with E-state index in [1.165, 1.54) is 12.8 Å². The summed E-state index contributed by atoms with van der Waals surface area (Å²) in [6.07, 6.45) is 6.15. The highest BCUT2D eigenvalue weighted by atomic mass is 16.6. The van der Waals surface area contributed by atoms with Gasteiger partial charge in [0, 0.05) is 12.2 Å². The average Bonchev–Trinajstić information content (AvgIpc) is 2.47. The van der Waals surface area contributed by atoms with E-state index >= 15 is 0 Å². The molecule has 112 valence electrons. The van der Waals surface area contributed by atoms with Crippen LogP contribution in [-0.2, 0) is 0 Å². The third kappa shape index (κ3) is 3.68. The van der Waals surface area contributed by atoms with Crippen molar-refractivity contribution in [1.82, 2.24) is 4.98 Å². The molecule has 1 heterocycles. The van der Waals surface area contributed by atoms with E-state index < -0.39 is 0 Å². The Morgan fingerprint density at radius 3 is 2.86 bits per heavy atom. The van der Waals surface area contributed by atoms with E-state index in [0.29, 0.717) is 16.6 Å². The monoisotopic (exact) mass is 287 g/mol. The fourth-order valence-corrected chi connectivity index (χ4v) is 2.49. The van der Waals surface area contributed by atoms with E-state index in [4.69, 9.17) is 0 Å². The first kappa shape index (κ1) is 15.2. The fraction of sp³-hybridized carbons (Fsp3) is 0.438. The molecule has 0 aliphatic carbocycles. The highest BCUT2D eigenvalue weighted by Crippen LogP contribution is 2.33. The van der Waals surface area contributed by atoms with Gasteiger partial charge in [-0.05, 0) is 37.6 Å². The molecule has 2 rings (SSSR count). The molecule has 1 aromatic carbocycles. The summed E-state index contributed by atoms with van der Waals surface area (Å²) in [4.78, 5) is 15.3. The van der Waals surface area contributed by atoms with E-state index in [2.05, 4.69) is 24.1 Å². The van der Waals surface area contributed by atoms with Gasteiger partial charge >= 0.3 is 5.69 Å². The molecule has 0 fully saturated rings. The second-order valence-corrected chi connectivity index (χ2v) is 5.33. The summed E-state index contributed by atoms with van der Waals surface area (Å²) < 4.78 is 0. The molecule has 1 aromatic heterocycles. The van der Waals surface area contributed by atoms with Crippen LogP contribution in [0.1, 0.15) is 39.5 Å². The lowest BCUT2D eigenvalue weighted by molar-refractivity contribution is -0.382. The Morgan fingerprint density at radius 2 is 2.14 bits per heavy atom. The van der Waals surface area contributed by atoms with Gasteiger partial charge in [-0.3, -0.25) is 15.1 Å². The maximum absolute atomic E-state index is 11.4. The number of rotatable bonds is 7. The molecular weight excluding hydrogens is 266 g/mol. The van der Waals surface area contributed by atoms with Crippen molar-refractivity contribution < 1.29 is 4.92 Å². The predicted molar refractivity (Wildman–Crippen MR) is 85.6 cm³/mol. The lowest BCUT2D eigenvalue weighted by Crippen LogP contribution is -2.16. The Bertz CT molecular complexity index is 628. The van der Waals surface area contributed by atoms with Crippen molar-refractivity contribution in [1.29, 1.82) is 0 Å². The molecule has 21 heavy (non-hydrogen) atoms. The molecule has 2 aromatic rings. The molecule has 0 bridgehead atoms. The number of pyridine rings is 1. The van der Waals surface area contributed by atoms with Crippen molar-refractivity contribution in [3.63, 3.8) is 0 Å². The molecule has 0 saturated heterocycles. The second-order valence-electron chi connectivity index (χ2n) is 5.33. The summed E-state index contributed by atoms with van der Waals surface area (Å²) in [6.45, 7) is 4.23. The Morgan fingerprint density at radius 1 is 1.33 bits per heavy atom. The maximum Gasteiger partial charge on any atom is 0.301 e. The number of nitro benzene ring substituents is 1. The highest BCUT2D eigenvalue weighted by molar-refractivity contribution is 5.94. The van der Waals surface area contributed by atoms with E-state index in [1.54, 1.807) is 24.4 Å². The summed E-state index contributed by atoms with van der Waals surface area (Å²) in [5, 5.41) is 15.3. The molecule has 0 spiro atoms. The number of nitro groups is 1. The second kappa shape index (κ2) is 7.02. The molecule has 0 amide bonds. The third-order valence-corrected chi connectivity index (χ3v) is 3.58. The maximum atomic E-state index is 11.4. The highest BCUT2D eigenvalue weighted by Gasteiger charge is 2.19. The number of unbranched alkanes of at least 4 members (excludes halogenated alkanes) is 2. The average molecular weight is 287 g/mol. The van der Waals surface area contributed by atoms with Crippen LogP contribution in [0, 0.1) is 10.1 Å². The number of anilines is 1. The molecule has 0 aliphatic rings. The molecule has 1 atom stereocenters. The lowest BCUT2D eigenvalue weighted by Gasteiger charge is -2.15. The first-order valence-electron chi connectivity index (χ1n) is 7.42. The Labute approximate surface area is 124 Å². The molecule has 0 radical (unpaired) electrons. The van der Waals surface area contributed by atoms with Gasteiger partial charge in [-0.2, -0.15) is 0 Å².